The summed E-state index contributed by atoms with van der Waals surface area (Å²) >= 11 is 1.31. The normalized spacial score (nSPS) is 12.8. The van der Waals surface area contributed by atoms with Crippen LogP contribution in [0.1, 0.15) is 40.7 Å². The van der Waals surface area contributed by atoms with Crippen molar-refractivity contribution in [3.63, 3.8) is 0 Å². The monoisotopic (exact) mass is 347 g/mol. The van der Waals surface area contributed by atoms with Crippen LogP contribution in [0.4, 0.5) is 0 Å². The molecular weight excluding hydrogens is 322 g/mol. The molecule has 0 saturated heterocycles. The second-order valence-electron chi connectivity index (χ2n) is 6.57. The van der Waals surface area contributed by atoms with Crippen LogP contribution in [-0.4, -0.2) is 27.3 Å². The fraction of sp³-hybridized carbons (Fsp3) is 0.500. The van der Waals surface area contributed by atoms with Gasteiger partial charge in [-0.2, -0.15) is 0 Å². The minimum absolute atomic E-state index is 0.0187. The van der Waals surface area contributed by atoms with Gasteiger partial charge < -0.3 is 5.32 Å². The predicted octanol–water partition coefficient (Wildman–Crippen LogP) is 3.23. The summed E-state index contributed by atoms with van der Waals surface area (Å²) in [5.74, 6) is 0.583. The average molecular weight is 347 g/mol. The molecule has 1 amide bonds. The van der Waals surface area contributed by atoms with Crippen molar-refractivity contribution in [1.82, 2.24) is 14.9 Å². The molecule has 2 rings (SSSR count). The number of para-hydroxylation sites is 1. The van der Waals surface area contributed by atoms with E-state index in [0.717, 1.165) is 0 Å². The number of carbonyl (C=O) groups excluding carboxylic acids is 1. The lowest BCUT2D eigenvalue weighted by Gasteiger charge is -2.18. The molecule has 1 aromatic carbocycles. The van der Waals surface area contributed by atoms with Crippen molar-refractivity contribution in [3.05, 3.63) is 34.6 Å². The van der Waals surface area contributed by atoms with Crippen molar-refractivity contribution in [2.75, 3.05) is 5.75 Å². The maximum absolute atomic E-state index is 12.7. The third-order valence-corrected chi connectivity index (χ3v) is 4.97. The number of nitrogens with zero attached hydrogens (tertiary/aromatic N) is 2. The molecule has 0 aliphatic carbocycles. The van der Waals surface area contributed by atoms with Crippen molar-refractivity contribution in [1.29, 1.82) is 0 Å². The van der Waals surface area contributed by atoms with E-state index < -0.39 is 0 Å². The zero-order chi connectivity index (χ0) is 17.9. The molecule has 2 aromatic rings. The second-order valence-corrected chi connectivity index (χ2v) is 7.51. The molecule has 1 aromatic heterocycles. The number of aromatic nitrogens is 2. The number of amides is 1. The SMILES string of the molecule is CC(C)[C@H](C)NC(=O)CSc1nc2ccccc2c(=O)n1C(C)C. The van der Waals surface area contributed by atoms with Gasteiger partial charge in [-0.15, -0.1) is 0 Å². The molecule has 6 heteroatoms. The summed E-state index contributed by atoms with van der Waals surface area (Å²) in [6, 6.07) is 7.41. The van der Waals surface area contributed by atoms with E-state index in [-0.39, 0.29) is 29.3 Å². The minimum Gasteiger partial charge on any atom is -0.353 e. The van der Waals surface area contributed by atoms with Crippen LogP contribution in [-0.2, 0) is 4.79 Å². The van der Waals surface area contributed by atoms with Crippen LogP contribution in [0.25, 0.3) is 10.9 Å². The maximum Gasteiger partial charge on any atom is 0.262 e. The van der Waals surface area contributed by atoms with Crippen LogP contribution in [0.2, 0.25) is 0 Å². The first kappa shape index (κ1) is 18.5. The van der Waals surface area contributed by atoms with Crippen molar-refractivity contribution < 1.29 is 4.79 Å². The molecule has 130 valence electrons. The number of benzene rings is 1. The molecule has 0 fully saturated rings. The van der Waals surface area contributed by atoms with Gasteiger partial charge in [0.15, 0.2) is 5.16 Å². The average Bonchev–Trinajstić information content (AvgIpc) is 2.52. The Morgan fingerprint density at radius 3 is 2.50 bits per heavy atom. The van der Waals surface area contributed by atoms with E-state index in [1.807, 2.05) is 39.0 Å². The Balaban J connectivity index is 2.26. The molecule has 0 bridgehead atoms. The zero-order valence-electron chi connectivity index (χ0n) is 14.9. The Bertz CT molecular complexity index is 783. The Morgan fingerprint density at radius 2 is 1.88 bits per heavy atom. The van der Waals surface area contributed by atoms with Gasteiger partial charge in [0.25, 0.3) is 5.56 Å². The Hall–Kier alpha value is -1.82. The van der Waals surface area contributed by atoms with Crippen LogP contribution in [0.5, 0.6) is 0 Å². The number of hydrogen-bond donors (Lipinski definition) is 1. The summed E-state index contributed by atoms with van der Waals surface area (Å²) in [5, 5.41) is 4.16. The summed E-state index contributed by atoms with van der Waals surface area (Å²) in [7, 11) is 0. The molecular formula is C18H25N3O2S. The molecule has 0 saturated carbocycles. The maximum atomic E-state index is 12.7. The fourth-order valence-corrected chi connectivity index (χ4v) is 3.21. The van der Waals surface area contributed by atoms with Crippen molar-refractivity contribution in [3.8, 4) is 0 Å². The fourth-order valence-electron chi connectivity index (χ4n) is 2.28. The minimum atomic E-state index is -0.0611. The van der Waals surface area contributed by atoms with E-state index in [1.54, 1.807) is 10.6 Å². The molecule has 24 heavy (non-hydrogen) atoms. The van der Waals surface area contributed by atoms with Crippen molar-refractivity contribution in [2.24, 2.45) is 5.92 Å². The largest absolute Gasteiger partial charge is 0.353 e. The van der Waals surface area contributed by atoms with Gasteiger partial charge in [0.1, 0.15) is 0 Å². The lowest BCUT2D eigenvalue weighted by molar-refractivity contribution is -0.119. The first-order chi connectivity index (χ1) is 11.3. The second kappa shape index (κ2) is 7.83. The molecule has 1 atom stereocenters. The number of hydrogen-bond acceptors (Lipinski definition) is 4. The molecule has 0 spiro atoms. The number of fused-ring (bicyclic) bond motifs is 1. The van der Waals surface area contributed by atoms with Gasteiger partial charge in [-0.25, -0.2) is 4.98 Å². The van der Waals surface area contributed by atoms with Gasteiger partial charge in [0, 0.05) is 12.1 Å². The van der Waals surface area contributed by atoms with E-state index in [4.69, 9.17) is 0 Å². The summed E-state index contributed by atoms with van der Waals surface area (Å²) in [6.45, 7) is 10.0. The van der Waals surface area contributed by atoms with Crippen LogP contribution in [0.15, 0.2) is 34.2 Å². The van der Waals surface area contributed by atoms with Gasteiger partial charge in [-0.05, 0) is 38.8 Å². The topological polar surface area (TPSA) is 64.0 Å². The molecule has 0 unspecified atom stereocenters. The lowest BCUT2D eigenvalue weighted by Crippen LogP contribution is -2.37. The van der Waals surface area contributed by atoms with E-state index >= 15 is 0 Å². The Labute approximate surface area is 146 Å². The highest BCUT2D eigenvalue weighted by Gasteiger charge is 2.16. The zero-order valence-corrected chi connectivity index (χ0v) is 15.7. The first-order valence-electron chi connectivity index (χ1n) is 8.24. The summed E-state index contributed by atoms with van der Waals surface area (Å²) < 4.78 is 1.66. The summed E-state index contributed by atoms with van der Waals surface area (Å²) in [6.07, 6.45) is 0. The van der Waals surface area contributed by atoms with Gasteiger partial charge >= 0.3 is 0 Å². The lowest BCUT2D eigenvalue weighted by atomic mass is 10.1. The quantitative estimate of drug-likeness (QED) is 0.644. The standard InChI is InChI=1S/C18H25N3O2S/c1-11(2)13(5)19-16(22)10-24-18-20-15-9-7-6-8-14(15)17(23)21(18)12(3)4/h6-9,11-13H,10H2,1-5H3,(H,19,22)/t13-/m0/s1. The Kier molecular flexibility index (Phi) is 6.04. The van der Waals surface area contributed by atoms with Gasteiger partial charge in [0.2, 0.25) is 5.91 Å². The number of carbonyl (C=O) groups is 1. The highest BCUT2D eigenvalue weighted by molar-refractivity contribution is 7.99. The van der Waals surface area contributed by atoms with Crippen molar-refractivity contribution in [2.45, 2.75) is 51.9 Å². The van der Waals surface area contributed by atoms with Gasteiger partial charge in [-0.1, -0.05) is 37.7 Å². The van der Waals surface area contributed by atoms with Gasteiger partial charge in [-0.3, -0.25) is 14.2 Å². The van der Waals surface area contributed by atoms with E-state index in [1.165, 1.54) is 11.8 Å². The molecule has 1 N–H and O–H groups in total. The molecule has 0 aliphatic heterocycles. The third-order valence-electron chi connectivity index (χ3n) is 4.01. The van der Waals surface area contributed by atoms with E-state index in [0.29, 0.717) is 22.0 Å². The van der Waals surface area contributed by atoms with Crippen LogP contribution in [0, 0.1) is 5.92 Å². The third kappa shape index (κ3) is 4.17. The summed E-state index contributed by atoms with van der Waals surface area (Å²) in [5.41, 5.74) is 0.604. The first-order valence-corrected chi connectivity index (χ1v) is 9.23. The van der Waals surface area contributed by atoms with Crippen LogP contribution >= 0.6 is 11.8 Å². The van der Waals surface area contributed by atoms with E-state index in [2.05, 4.69) is 24.1 Å². The number of thioether (sulfide) groups is 1. The summed E-state index contributed by atoms with van der Waals surface area (Å²) in [4.78, 5) is 29.4. The highest BCUT2D eigenvalue weighted by Crippen LogP contribution is 2.20. The molecule has 0 aliphatic rings. The molecule has 5 nitrogen and oxygen atoms in total. The number of nitrogens with one attached hydrogen (secondary N) is 1. The molecule has 0 radical (unpaired) electrons. The number of rotatable bonds is 6. The molecule has 1 heterocycles. The highest BCUT2D eigenvalue weighted by atomic mass is 32.2. The van der Waals surface area contributed by atoms with Crippen LogP contribution < -0.4 is 10.9 Å². The van der Waals surface area contributed by atoms with E-state index in [9.17, 15) is 9.59 Å². The predicted molar refractivity (Wildman–Crippen MR) is 99.6 cm³/mol. The Morgan fingerprint density at radius 1 is 1.21 bits per heavy atom. The van der Waals surface area contributed by atoms with Crippen LogP contribution in [0.3, 0.4) is 0 Å². The van der Waals surface area contributed by atoms with Gasteiger partial charge in [0.05, 0.1) is 16.7 Å². The smallest absolute Gasteiger partial charge is 0.262 e. The van der Waals surface area contributed by atoms with Crippen molar-refractivity contribution >= 4 is 28.6 Å².